The number of hydrogen-bond acceptors (Lipinski definition) is 6. The Morgan fingerprint density at radius 1 is 0.417 bits per heavy atom. The van der Waals surface area contributed by atoms with Gasteiger partial charge >= 0.3 is 124 Å². The molecular formula is C9H15Na3O12. The Kier molecular flexibility index (Phi) is 40.8. The van der Waals surface area contributed by atoms with E-state index in [1.807, 2.05) is 0 Å². The second-order valence-corrected chi connectivity index (χ2v) is 2.89. The first kappa shape index (κ1) is 39.1. The van der Waals surface area contributed by atoms with Crippen LogP contribution < -0.4 is 88.7 Å². The summed E-state index contributed by atoms with van der Waals surface area (Å²) in [5.74, 6) is -7.88. The van der Waals surface area contributed by atoms with E-state index in [0.29, 0.717) is 0 Å². The minimum atomic E-state index is -1.31. The smallest absolute Gasteiger partial charge is 1.00 e. The summed E-state index contributed by atoms with van der Waals surface area (Å²) in [6.45, 7) is 0. The van der Waals surface area contributed by atoms with Crippen LogP contribution >= 0.6 is 0 Å². The maximum Gasteiger partial charge on any atom is 1.00 e. The SMILES string of the molecule is O=C(O)CC(=O)O.O=C(O)CC(=O)O.O=C(O)CC(=O)O.[H-].[H-].[H-].[Na+].[Na+].[Na+]. The molecule has 0 bridgehead atoms. The molecular weight excluding hydrogens is 369 g/mol. The Hall–Kier alpha value is -0.180. The molecule has 6 N–H and O–H groups in total. The van der Waals surface area contributed by atoms with E-state index in [1.165, 1.54) is 0 Å². The molecule has 126 valence electrons. The van der Waals surface area contributed by atoms with E-state index >= 15 is 0 Å². The van der Waals surface area contributed by atoms with E-state index in [1.54, 1.807) is 0 Å². The standard InChI is InChI=1S/3C3H4O4.3Na.3H/c3*4-2(5)1-3(6)7;;;;;;/h3*1H2,(H,4,5)(H,6,7);;;;;;/q;;;3*+1;3*-1. The second-order valence-electron chi connectivity index (χ2n) is 2.89. The summed E-state index contributed by atoms with van der Waals surface area (Å²) in [5.41, 5.74) is 0. The first-order valence-corrected chi connectivity index (χ1v) is 4.69. The van der Waals surface area contributed by atoms with E-state index in [0.717, 1.165) is 0 Å². The maximum absolute atomic E-state index is 9.43. The average molecular weight is 384 g/mol. The van der Waals surface area contributed by atoms with Crippen molar-refractivity contribution in [2.24, 2.45) is 0 Å². The van der Waals surface area contributed by atoms with Crippen LogP contribution in [-0.4, -0.2) is 66.5 Å². The molecule has 0 aromatic heterocycles. The molecule has 24 heavy (non-hydrogen) atoms. The number of carboxylic acid groups (broad SMARTS) is 6. The van der Waals surface area contributed by atoms with Gasteiger partial charge in [0.25, 0.3) is 0 Å². The van der Waals surface area contributed by atoms with Crippen molar-refractivity contribution in [3.63, 3.8) is 0 Å². The zero-order valence-electron chi connectivity index (χ0n) is 16.3. The number of hydrogen-bond donors (Lipinski definition) is 6. The van der Waals surface area contributed by atoms with Crippen molar-refractivity contribution in [2.45, 2.75) is 19.3 Å². The van der Waals surface area contributed by atoms with Gasteiger partial charge in [0.1, 0.15) is 19.3 Å². The van der Waals surface area contributed by atoms with Gasteiger partial charge < -0.3 is 34.9 Å². The van der Waals surface area contributed by atoms with Gasteiger partial charge in [0.15, 0.2) is 0 Å². The molecule has 0 aromatic carbocycles. The minimum absolute atomic E-state index is 0. The molecule has 0 aromatic rings. The van der Waals surface area contributed by atoms with Crippen LogP contribution in [-0.2, 0) is 28.8 Å². The van der Waals surface area contributed by atoms with Crippen LogP contribution in [0.3, 0.4) is 0 Å². The fourth-order valence-electron chi connectivity index (χ4n) is 0.388. The average Bonchev–Trinajstić information content (AvgIpc) is 2.10. The molecule has 0 aliphatic rings. The number of carboxylic acids is 6. The van der Waals surface area contributed by atoms with Gasteiger partial charge in [0.2, 0.25) is 0 Å². The third-order valence-electron chi connectivity index (χ3n) is 0.907. The zero-order valence-corrected chi connectivity index (χ0v) is 19.3. The molecule has 0 aliphatic carbocycles. The number of aliphatic carboxylic acids is 6. The van der Waals surface area contributed by atoms with E-state index in [9.17, 15) is 28.8 Å². The van der Waals surface area contributed by atoms with Crippen LogP contribution in [0.25, 0.3) is 0 Å². The van der Waals surface area contributed by atoms with Gasteiger partial charge in [0, 0.05) is 0 Å². The van der Waals surface area contributed by atoms with E-state index in [-0.39, 0.29) is 93.0 Å². The fourth-order valence-corrected chi connectivity index (χ4v) is 0.388. The molecule has 0 atom stereocenters. The largest absolute Gasteiger partial charge is 1.00 e. The topological polar surface area (TPSA) is 224 Å². The van der Waals surface area contributed by atoms with Gasteiger partial charge in [0.05, 0.1) is 0 Å². The first-order chi connectivity index (χ1) is 9.38. The monoisotopic (exact) mass is 384 g/mol. The molecule has 0 spiro atoms. The summed E-state index contributed by atoms with van der Waals surface area (Å²) in [6, 6.07) is 0. The molecule has 0 saturated heterocycles. The van der Waals surface area contributed by atoms with Crippen LogP contribution in [0, 0.1) is 0 Å². The molecule has 0 aliphatic heterocycles. The molecule has 0 unspecified atom stereocenters. The maximum atomic E-state index is 9.43. The molecule has 0 amide bonds. The van der Waals surface area contributed by atoms with Gasteiger partial charge in [-0.15, -0.1) is 0 Å². The molecule has 12 nitrogen and oxygen atoms in total. The Balaban J connectivity index is -0.0000000231. The molecule has 15 heteroatoms. The predicted molar refractivity (Wildman–Crippen MR) is 63.0 cm³/mol. The van der Waals surface area contributed by atoms with E-state index in [4.69, 9.17) is 30.6 Å². The van der Waals surface area contributed by atoms with E-state index < -0.39 is 55.1 Å². The zero-order chi connectivity index (χ0) is 17.6. The molecule has 0 fully saturated rings. The fraction of sp³-hybridized carbons (Fsp3) is 0.333. The van der Waals surface area contributed by atoms with Gasteiger partial charge in [-0.1, -0.05) is 0 Å². The van der Waals surface area contributed by atoms with Crippen LogP contribution in [0.4, 0.5) is 0 Å². The summed E-state index contributed by atoms with van der Waals surface area (Å²) < 4.78 is 0. The quantitative estimate of drug-likeness (QED) is 0.185. The molecule has 0 heterocycles. The second kappa shape index (κ2) is 25.1. The van der Waals surface area contributed by atoms with Gasteiger partial charge in [-0.2, -0.15) is 0 Å². The Morgan fingerprint density at radius 2 is 0.500 bits per heavy atom. The molecule has 0 saturated carbocycles. The normalized spacial score (nSPS) is 7.00. The van der Waals surface area contributed by atoms with Crippen molar-refractivity contribution < 1.29 is 152 Å². The molecule has 0 radical (unpaired) electrons. The first-order valence-electron chi connectivity index (χ1n) is 4.69. The summed E-state index contributed by atoms with van der Waals surface area (Å²) >= 11 is 0. The van der Waals surface area contributed by atoms with Gasteiger partial charge in [-0.05, 0) is 0 Å². The summed E-state index contributed by atoms with van der Waals surface area (Å²) in [6.07, 6.45) is -2.42. The van der Waals surface area contributed by atoms with Crippen molar-refractivity contribution in [1.82, 2.24) is 0 Å². The van der Waals surface area contributed by atoms with Crippen LogP contribution in [0.1, 0.15) is 23.5 Å². The minimum Gasteiger partial charge on any atom is -1.00 e. The van der Waals surface area contributed by atoms with Gasteiger partial charge in [-0.25, -0.2) is 0 Å². The summed E-state index contributed by atoms with van der Waals surface area (Å²) in [5, 5.41) is 46.2. The van der Waals surface area contributed by atoms with Gasteiger partial charge in [-0.3, -0.25) is 28.8 Å². The van der Waals surface area contributed by atoms with Crippen LogP contribution in [0.5, 0.6) is 0 Å². The van der Waals surface area contributed by atoms with Crippen molar-refractivity contribution in [3.05, 3.63) is 0 Å². The Morgan fingerprint density at radius 3 is 0.500 bits per heavy atom. The predicted octanol–water partition coefficient (Wildman–Crippen LogP) is -10.0. The third kappa shape index (κ3) is 67.7. The van der Waals surface area contributed by atoms with E-state index in [2.05, 4.69) is 0 Å². The number of carbonyl (C=O) groups is 6. The Labute approximate surface area is 205 Å². The van der Waals surface area contributed by atoms with Crippen LogP contribution in [0.15, 0.2) is 0 Å². The van der Waals surface area contributed by atoms with Crippen molar-refractivity contribution in [2.75, 3.05) is 0 Å². The summed E-state index contributed by atoms with van der Waals surface area (Å²) in [4.78, 5) is 56.6. The number of rotatable bonds is 6. The third-order valence-corrected chi connectivity index (χ3v) is 0.907. The van der Waals surface area contributed by atoms with Crippen LogP contribution in [0.2, 0.25) is 0 Å². The van der Waals surface area contributed by atoms with Crippen molar-refractivity contribution in [3.8, 4) is 0 Å². The van der Waals surface area contributed by atoms with Crippen molar-refractivity contribution >= 4 is 35.8 Å². The van der Waals surface area contributed by atoms with Crippen molar-refractivity contribution in [1.29, 1.82) is 0 Å². The summed E-state index contributed by atoms with van der Waals surface area (Å²) in [7, 11) is 0. The molecule has 0 rings (SSSR count). The Bertz CT molecular complexity index is 338.